The second-order valence-electron chi connectivity index (χ2n) is 4.74. The second kappa shape index (κ2) is 7.47. The van der Waals surface area contributed by atoms with Gasteiger partial charge in [-0.25, -0.2) is 9.97 Å². The molecule has 0 aliphatic carbocycles. The Hall–Kier alpha value is -2.69. The summed E-state index contributed by atoms with van der Waals surface area (Å²) in [5.74, 6) is -0.603. The Bertz CT molecular complexity index is 784. The van der Waals surface area contributed by atoms with Crippen molar-refractivity contribution in [3.63, 3.8) is 0 Å². The van der Waals surface area contributed by atoms with Gasteiger partial charge in [-0.15, -0.1) is 0 Å². The van der Waals surface area contributed by atoms with Crippen LogP contribution in [0.1, 0.15) is 5.69 Å². The van der Waals surface area contributed by atoms with Crippen LogP contribution in [0, 0.1) is 10.1 Å². The van der Waals surface area contributed by atoms with Gasteiger partial charge in [-0.2, -0.15) is 13.2 Å². The Morgan fingerprint density at radius 3 is 2.48 bits per heavy atom. The fraction of sp³-hybridized carbons (Fsp3) is 0.214. The van der Waals surface area contributed by atoms with Gasteiger partial charge in [0.05, 0.1) is 10.7 Å². The van der Waals surface area contributed by atoms with Crippen LogP contribution in [0.4, 0.5) is 24.5 Å². The Morgan fingerprint density at radius 2 is 1.92 bits per heavy atom. The molecule has 0 bridgehead atoms. The van der Waals surface area contributed by atoms with E-state index < -0.39 is 22.7 Å². The number of carbonyl (C=O) groups excluding carboxylic acids is 1. The number of carbonyl (C=O) groups is 1. The first-order valence-electron chi connectivity index (χ1n) is 6.72. The third-order valence-corrected chi connectivity index (χ3v) is 3.92. The molecule has 0 fully saturated rings. The number of nitrogens with zero attached hydrogens (tertiary/aromatic N) is 4. The average molecular weight is 372 g/mol. The lowest BCUT2D eigenvalue weighted by Gasteiger charge is -2.16. The molecular formula is C14H11F3N4O3S. The smallest absolute Gasteiger partial charge is 0.315 e. The summed E-state index contributed by atoms with van der Waals surface area (Å²) in [4.78, 5) is 30.4. The quantitative estimate of drug-likeness (QED) is 0.347. The van der Waals surface area contributed by atoms with Gasteiger partial charge in [-0.1, -0.05) is 11.8 Å². The second-order valence-corrected chi connectivity index (χ2v) is 5.68. The minimum absolute atomic E-state index is 0.115. The average Bonchev–Trinajstić information content (AvgIpc) is 2.58. The first-order chi connectivity index (χ1) is 11.7. The van der Waals surface area contributed by atoms with Crippen LogP contribution in [0.5, 0.6) is 0 Å². The van der Waals surface area contributed by atoms with E-state index in [-0.39, 0.29) is 16.6 Å². The predicted molar refractivity (Wildman–Crippen MR) is 84.3 cm³/mol. The minimum atomic E-state index is -4.59. The number of hydrogen-bond acceptors (Lipinski definition) is 6. The molecule has 2 aromatic rings. The third kappa shape index (κ3) is 4.89. The molecule has 0 aliphatic heterocycles. The van der Waals surface area contributed by atoms with E-state index in [0.717, 1.165) is 24.0 Å². The summed E-state index contributed by atoms with van der Waals surface area (Å²) in [7, 11) is 1.46. The largest absolute Gasteiger partial charge is 0.433 e. The summed E-state index contributed by atoms with van der Waals surface area (Å²) >= 11 is 0.768. The number of halogens is 3. The summed E-state index contributed by atoms with van der Waals surface area (Å²) in [5, 5.41) is 10.4. The molecule has 1 heterocycles. The first kappa shape index (κ1) is 18.6. The molecule has 1 aromatic heterocycles. The molecule has 132 valence electrons. The molecule has 0 radical (unpaired) electrons. The number of hydrogen-bond donors (Lipinski definition) is 0. The van der Waals surface area contributed by atoms with E-state index in [1.807, 2.05) is 0 Å². The van der Waals surface area contributed by atoms with E-state index >= 15 is 0 Å². The van der Waals surface area contributed by atoms with Crippen molar-refractivity contribution >= 4 is 29.0 Å². The number of thioether (sulfide) groups is 1. The molecule has 0 spiro atoms. The van der Waals surface area contributed by atoms with Crippen LogP contribution in [-0.4, -0.2) is 33.6 Å². The number of amides is 1. The van der Waals surface area contributed by atoms with Crippen molar-refractivity contribution in [3.05, 3.63) is 52.3 Å². The topological polar surface area (TPSA) is 89.2 Å². The molecule has 0 aliphatic rings. The molecule has 0 saturated carbocycles. The molecule has 1 amide bonds. The molecule has 25 heavy (non-hydrogen) atoms. The van der Waals surface area contributed by atoms with E-state index in [1.165, 1.54) is 36.2 Å². The summed E-state index contributed by atoms with van der Waals surface area (Å²) in [5.41, 5.74) is -0.779. The zero-order valence-electron chi connectivity index (χ0n) is 12.7. The first-order valence-corrected chi connectivity index (χ1v) is 7.71. The van der Waals surface area contributed by atoms with Crippen molar-refractivity contribution in [1.29, 1.82) is 0 Å². The zero-order valence-corrected chi connectivity index (χ0v) is 13.5. The van der Waals surface area contributed by atoms with Gasteiger partial charge < -0.3 is 4.90 Å². The maximum atomic E-state index is 12.6. The van der Waals surface area contributed by atoms with Crippen LogP contribution >= 0.6 is 11.8 Å². The van der Waals surface area contributed by atoms with E-state index in [1.54, 1.807) is 0 Å². The van der Waals surface area contributed by atoms with Gasteiger partial charge in [0.1, 0.15) is 5.69 Å². The Morgan fingerprint density at radius 1 is 1.28 bits per heavy atom. The van der Waals surface area contributed by atoms with Gasteiger partial charge in [0.25, 0.3) is 5.69 Å². The van der Waals surface area contributed by atoms with Crippen molar-refractivity contribution in [2.24, 2.45) is 0 Å². The van der Waals surface area contributed by atoms with E-state index in [2.05, 4.69) is 9.97 Å². The van der Waals surface area contributed by atoms with Gasteiger partial charge in [-0.05, 0) is 18.2 Å². The lowest BCUT2D eigenvalue weighted by Crippen LogP contribution is -2.28. The number of alkyl halides is 3. The number of benzene rings is 1. The molecule has 7 nitrogen and oxygen atoms in total. The maximum absolute atomic E-state index is 12.6. The summed E-state index contributed by atoms with van der Waals surface area (Å²) in [6.07, 6.45) is -3.61. The van der Waals surface area contributed by atoms with Crippen LogP contribution in [0.15, 0.2) is 41.7 Å². The van der Waals surface area contributed by atoms with E-state index in [9.17, 15) is 28.1 Å². The number of nitro groups is 1. The number of anilines is 1. The fourth-order valence-corrected chi connectivity index (χ4v) is 2.48. The van der Waals surface area contributed by atoms with Crippen LogP contribution < -0.4 is 4.90 Å². The van der Waals surface area contributed by atoms with Crippen molar-refractivity contribution < 1.29 is 22.9 Å². The third-order valence-electron chi connectivity index (χ3n) is 3.07. The van der Waals surface area contributed by atoms with Crippen molar-refractivity contribution in [3.8, 4) is 0 Å². The minimum Gasteiger partial charge on any atom is -0.315 e. The predicted octanol–water partition coefficient (Wildman–Crippen LogP) is 3.16. The Kier molecular flexibility index (Phi) is 5.57. The van der Waals surface area contributed by atoms with Crippen LogP contribution in [0.3, 0.4) is 0 Å². The van der Waals surface area contributed by atoms with Crippen LogP contribution in [0.2, 0.25) is 0 Å². The van der Waals surface area contributed by atoms with Gasteiger partial charge >= 0.3 is 6.18 Å². The maximum Gasteiger partial charge on any atom is 0.433 e. The molecular weight excluding hydrogens is 361 g/mol. The SMILES string of the molecule is CN(C(=O)CSc1nccc(C(F)(F)F)n1)c1ccc([N+](=O)[O-])cc1. The highest BCUT2D eigenvalue weighted by Crippen LogP contribution is 2.28. The van der Waals surface area contributed by atoms with Gasteiger partial charge in [0.2, 0.25) is 5.91 Å². The van der Waals surface area contributed by atoms with Gasteiger partial charge in [0, 0.05) is 31.1 Å². The molecule has 11 heteroatoms. The number of non-ortho nitro benzene ring substituents is 1. The standard InChI is InChI=1S/C14H11F3N4O3S/c1-20(9-2-4-10(5-3-9)21(23)24)12(22)8-25-13-18-7-6-11(19-13)14(15,16)17/h2-7H,8H2,1H3. The molecule has 2 rings (SSSR count). The number of nitro benzene ring substituents is 1. The summed E-state index contributed by atoms with van der Waals surface area (Å²) < 4.78 is 37.7. The highest BCUT2D eigenvalue weighted by Gasteiger charge is 2.32. The Balaban J connectivity index is 2.01. The summed E-state index contributed by atoms with van der Waals surface area (Å²) in [6.45, 7) is 0. The molecule has 0 atom stereocenters. The highest BCUT2D eigenvalue weighted by molar-refractivity contribution is 7.99. The highest BCUT2D eigenvalue weighted by atomic mass is 32.2. The monoisotopic (exact) mass is 372 g/mol. The van der Waals surface area contributed by atoms with E-state index in [0.29, 0.717) is 5.69 Å². The number of aromatic nitrogens is 2. The zero-order chi connectivity index (χ0) is 18.6. The van der Waals surface area contributed by atoms with Crippen molar-refractivity contribution in [2.45, 2.75) is 11.3 Å². The lowest BCUT2D eigenvalue weighted by molar-refractivity contribution is -0.384. The van der Waals surface area contributed by atoms with Crippen molar-refractivity contribution in [1.82, 2.24) is 9.97 Å². The molecule has 1 aromatic carbocycles. The molecule has 0 unspecified atom stereocenters. The van der Waals surface area contributed by atoms with Crippen LogP contribution in [-0.2, 0) is 11.0 Å². The van der Waals surface area contributed by atoms with Gasteiger partial charge in [-0.3, -0.25) is 14.9 Å². The lowest BCUT2D eigenvalue weighted by atomic mass is 10.2. The molecule has 0 N–H and O–H groups in total. The van der Waals surface area contributed by atoms with Gasteiger partial charge in [0.15, 0.2) is 5.16 Å². The van der Waals surface area contributed by atoms with E-state index in [4.69, 9.17) is 0 Å². The van der Waals surface area contributed by atoms with Crippen LogP contribution in [0.25, 0.3) is 0 Å². The number of rotatable bonds is 5. The normalized spacial score (nSPS) is 11.2. The van der Waals surface area contributed by atoms with Crippen molar-refractivity contribution in [2.75, 3.05) is 17.7 Å². The summed E-state index contributed by atoms with van der Waals surface area (Å²) in [6, 6.07) is 6.06. The molecule has 0 saturated heterocycles. The Labute approximate surface area is 144 Å². The fourth-order valence-electron chi connectivity index (χ4n) is 1.73.